The second kappa shape index (κ2) is 10.6. The summed E-state index contributed by atoms with van der Waals surface area (Å²) in [6.07, 6.45) is 2.14. The van der Waals surface area contributed by atoms with Gasteiger partial charge in [0.1, 0.15) is 5.82 Å². The number of fused-ring (bicyclic) bond motifs is 2. The molecular formula is C29H29ClN4O3. The highest BCUT2D eigenvalue weighted by molar-refractivity contribution is 6.30. The summed E-state index contributed by atoms with van der Waals surface area (Å²) in [4.78, 5) is 32.7. The summed E-state index contributed by atoms with van der Waals surface area (Å²) in [5.74, 6) is 1.31. The molecule has 0 radical (unpaired) electrons. The van der Waals surface area contributed by atoms with E-state index in [1.807, 2.05) is 78.2 Å². The minimum absolute atomic E-state index is 0.0688. The van der Waals surface area contributed by atoms with Gasteiger partial charge in [-0.25, -0.2) is 9.78 Å². The van der Waals surface area contributed by atoms with Gasteiger partial charge in [0.2, 0.25) is 5.88 Å². The van der Waals surface area contributed by atoms with Gasteiger partial charge in [-0.2, -0.15) is 0 Å². The molecule has 8 heteroatoms. The number of hydrogen-bond acceptors (Lipinski definition) is 4. The van der Waals surface area contributed by atoms with Crippen LogP contribution in [0.15, 0.2) is 66.7 Å². The highest BCUT2D eigenvalue weighted by Gasteiger charge is 2.29. The molecule has 0 bridgehead atoms. The van der Waals surface area contributed by atoms with Crippen LogP contribution >= 0.6 is 11.6 Å². The van der Waals surface area contributed by atoms with Crippen molar-refractivity contribution < 1.29 is 14.3 Å². The molecule has 5 rings (SSSR count). The van der Waals surface area contributed by atoms with Gasteiger partial charge >= 0.3 is 6.09 Å². The van der Waals surface area contributed by atoms with Crippen LogP contribution in [0, 0.1) is 0 Å². The van der Waals surface area contributed by atoms with Crippen LogP contribution in [0.3, 0.4) is 0 Å². The van der Waals surface area contributed by atoms with Gasteiger partial charge < -0.3 is 10.1 Å². The number of nitrogens with zero attached hydrogens (tertiary/aromatic N) is 3. The number of aromatic nitrogens is 2. The molecule has 0 saturated carbocycles. The van der Waals surface area contributed by atoms with Crippen LogP contribution in [0.5, 0.6) is 5.88 Å². The highest BCUT2D eigenvalue weighted by atomic mass is 35.5. The Labute approximate surface area is 221 Å². The number of carbonyl (C=O) groups is 2. The van der Waals surface area contributed by atoms with Crippen LogP contribution in [-0.2, 0) is 13.0 Å². The van der Waals surface area contributed by atoms with Gasteiger partial charge in [-0.3, -0.25) is 14.3 Å². The van der Waals surface area contributed by atoms with Gasteiger partial charge in [0.25, 0.3) is 5.91 Å². The molecule has 37 heavy (non-hydrogen) atoms. The van der Waals surface area contributed by atoms with E-state index in [1.54, 1.807) is 7.05 Å². The SMILES string of the molecule is CC(CNC(=O)Oc1c(N(C)C(=O)c2cccc3ccccc23)nc2n1CCCC2)c1ccc(Cl)cc1. The fourth-order valence-electron chi connectivity index (χ4n) is 4.72. The molecule has 0 fully saturated rings. The first kappa shape index (κ1) is 24.8. The van der Waals surface area contributed by atoms with E-state index in [-0.39, 0.29) is 11.8 Å². The Hall–Kier alpha value is -3.84. The lowest BCUT2D eigenvalue weighted by Gasteiger charge is -2.19. The van der Waals surface area contributed by atoms with Gasteiger partial charge in [-0.05, 0) is 53.3 Å². The average molecular weight is 517 g/mol. The van der Waals surface area contributed by atoms with Gasteiger partial charge in [0.05, 0.1) is 0 Å². The monoisotopic (exact) mass is 516 g/mol. The Kier molecular flexibility index (Phi) is 7.15. The Morgan fingerprint density at radius 2 is 1.84 bits per heavy atom. The molecule has 0 aliphatic carbocycles. The lowest BCUT2D eigenvalue weighted by molar-refractivity contribution is 0.0993. The molecule has 190 valence electrons. The number of ether oxygens (including phenoxy) is 1. The van der Waals surface area contributed by atoms with Crippen LogP contribution in [0.2, 0.25) is 5.02 Å². The Balaban J connectivity index is 1.37. The van der Waals surface area contributed by atoms with Crippen molar-refractivity contribution in [3.05, 3.63) is 88.7 Å². The van der Waals surface area contributed by atoms with E-state index in [2.05, 4.69) is 5.32 Å². The van der Waals surface area contributed by atoms with Crippen molar-refractivity contribution >= 4 is 40.2 Å². The fourth-order valence-corrected chi connectivity index (χ4v) is 4.85. The van der Waals surface area contributed by atoms with Crippen molar-refractivity contribution in [2.24, 2.45) is 0 Å². The molecule has 7 nitrogen and oxygen atoms in total. The number of benzene rings is 3. The summed E-state index contributed by atoms with van der Waals surface area (Å²) >= 11 is 5.99. The van der Waals surface area contributed by atoms with Gasteiger partial charge in [0, 0.05) is 37.1 Å². The summed E-state index contributed by atoms with van der Waals surface area (Å²) < 4.78 is 7.73. The average Bonchev–Trinajstić information content (AvgIpc) is 3.29. The Morgan fingerprint density at radius 1 is 1.08 bits per heavy atom. The molecule has 0 saturated heterocycles. The second-order valence-electron chi connectivity index (χ2n) is 9.38. The minimum Gasteiger partial charge on any atom is -0.389 e. The molecule has 2 amide bonds. The van der Waals surface area contributed by atoms with E-state index < -0.39 is 6.09 Å². The molecule has 1 N–H and O–H groups in total. The summed E-state index contributed by atoms with van der Waals surface area (Å²) in [6, 6.07) is 21.0. The van der Waals surface area contributed by atoms with E-state index in [9.17, 15) is 9.59 Å². The largest absolute Gasteiger partial charge is 0.414 e. The number of carbonyl (C=O) groups excluding carboxylic acids is 2. The van der Waals surface area contributed by atoms with E-state index in [0.717, 1.165) is 41.4 Å². The number of rotatable bonds is 6. The number of anilines is 1. The number of nitrogens with one attached hydrogen (secondary N) is 1. The van der Waals surface area contributed by atoms with Crippen molar-refractivity contribution in [3.8, 4) is 5.88 Å². The first-order valence-electron chi connectivity index (χ1n) is 12.5. The molecule has 1 atom stereocenters. The Morgan fingerprint density at radius 3 is 2.65 bits per heavy atom. The first-order chi connectivity index (χ1) is 17.9. The quantitative estimate of drug-likeness (QED) is 0.331. The van der Waals surface area contributed by atoms with Gasteiger partial charge in [0.15, 0.2) is 5.82 Å². The third-order valence-corrected chi connectivity index (χ3v) is 7.09. The molecule has 1 aromatic heterocycles. The third-order valence-electron chi connectivity index (χ3n) is 6.84. The predicted octanol–water partition coefficient (Wildman–Crippen LogP) is 6.19. The van der Waals surface area contributed by atoms with Crippen molar-refractivity contribution in [3.63, 3.8) is 0 Å². The zero-order valence-electron chi connectivity index (χ0n) is 20.9. The summed E-state index contributed by atoms with van der Waals surface area (Å²) in [6.45, 7) is 3.09. The maximum atomic E-state index is 13.6. The number of halogens is 1. The van der Waals surface area contributed by atoms with E-state index in [0.29, 0.717) is 35.4 Å². The maximum Gasteiger partial charge on any atom is 0.414 e. The molecule has 4 aromatic rings. The lowest BCUT2D eigenvalue weighted by Crippen LogP contribution is -2.32. The second-order valence-corrected chi connectivity index (χ2v) is 9.82. The molecule has 1 aliphatic rings. The zero-order chi connectivity index (χ0) is 25.9. The number of aryl methyl sites for hydroxylation is 1. The number of hydrogen-bond donors (Lipinski definition) is 1. The Bertz CT molecular complexity index is 1440. The standard InChI is InChI=1S/C29H29ClN4O3/c1-19(20-13-15-22(30)16-14-20)18-31-29(36)37-28-26(32-25-12-5-6-17-34(25)28)33(2)27(35)24-11-7-9-21-8-3-4-10-23(21)24/h3-4,7-11,13-16,19H,5-6,12,17-18H2,1-2H3,(H,31,36). The summed E-state index contributed by atoms with van der Waals surface area (Å²) in [5.41, 5.74) is 1.63. The van der Waals surface area contributed by atoms with E-state index in [4.69, 9.17) is 21.3 Å². The minimum atomic E-state index is -0.582. The van der Waals surface area contributed by atoms with E-state index >= 15 is 0 Å². The molecule has 1 unspecified atom stereocenters. The summed E-state index contributed by atoms with van der Waals surface area (Å²) in [7, 11) is 1.67. The molecule has 1 aliphatic heterocycles. The molecule has 3 aromatic carbocycles. The van der Waals surface area contributed by atoms with E-state index in [1.165, 1.54) is 4.90 Å². The van der Waals surface area contributed by atoms with Crippen molar-refractivity contribution in [1.82, 2.24) is 14.9 Å². The molecule has 2 heterocycles. The fraction of sp³-hybridized carbons (Fsp3) is 0.276. The summed E-state index contributed by atoms with van der Waals surface area (Å²) in [5, 5.41) is 5.37. The smallest absolute Gasteiger partial charge is 0.389 e. The highest BCUT2D eigenvalue weighted by Crippen LogP contribution is 2.34. The third kappa shape index (κ3) is 5.18. The van der Waals surface area contributed by atoms with Crippen LogP contribution < -0.4 is 15.0 Å². The number of imidazole rings is 1. The topological polar surface area (TPSA) is 76.5 Å². The van der Waals surface area contributed by atoms with Crippen LogP contribution in [0.1, 0.15) is 47.4 Å². The molecule has 0 spiro atoms. The lowest BCUT2D eigenvalue weighted by atomic mass is 10.0. The van der Waals surface area contributed by atoms with Crippen molar-refractivity contribution in [2.75, 3.05) is 18.5 Å². The van der Waals surface area contributed by atoms with Crippen molar-refractivity contribution in [2.45, 2.75) is 38.6 Å². The predicted molar refractivity (Wildman–Crippen MR) is 146 cm³/mol. The maximum absolute atomic E-state index is 13.6. The first-order valence-corrected chi connectivity index (χ1v) is 12.9. The van der Waals surface area contributed by atoms with Gasteiger partial charge in [-0.15, -0.1) is 0 Å². The van der Waals surface area contributed by atoms with Gasteiger partial charge in [-0.1, -0.05) is 67.1 Å². The zero-order valence-corrected chi connectivity index (χ0v) is 21.7. The van der Waals surface area contributed by atoms with Crippen molar-refractivity contribution in [1.29, 1.82) is 0 Å². The van der Waals surface area contributed by atoms with Crippen LogP contribution in [0.25, 0.3) is 10.8 Å². The normalized spacial score (nSPS) is 13.6. The van der Waals surface area contributed by atoms with Crippen LogP contribution in [0.4, 0.5) is 10.6 Å². The number of amides is 2. The van der Waals surface area contributed by atoms with Crippen LogP contribution in [-0.4, -0.2) is 35.1 Å². The molecular weight excluding hydrogens is 488 g/mol.